The second-order valence-electron chi connectivity index (χ2n) is 4.17. The number of urea groups is 1. The van der Waals surface area contributed by atoms with Gasteiger partial charge >= 0.3 is 12.0 Å². The number of anilines is 1. The molecule has 0 aromatic heterocycles. The van der Waals surface area contributed by atoms with E-state index >= 15 is 0 Å². The van der Waals surface area contributed by atoms with Crippen molar-refractivity contribution in [2.45, 2.75) is 19.9 Å². The molecule has 0 spiro atoms. The second kappa shape index (κ2) is 7.09. The Labute approximate surface area is 133 Å². The van der Waals surface area contributed by atoms with E-state index in [4.69, 9.17) is 5.11 Å². The number of nitrogens with one attached hydrogen (secondary N) is 1. The van der Waals surface area contributed by atoms with Gasteiger partial charge in [0.25, 0.3) is 0 Å². The number of nitrogens with zero attached hydrogens (tertiary/aromatic N) is 1. The fraction of sp³-hybridized carbons (Fsp3) is 0.333. The molecule has 0 aliphatic rings. The van der Waals surface area contributed by atoms with E-state index in [9.17, 15) is 9.59 Å². The van der Waals surface area contributed by atoms with Gasteiger partial charge in [-0.15, -0.1) is 0 Å². The summed E-state index contributed by atoms with van der Waals surface area (Å²) in [6.45, 7) is 3.21. The van der Waals surface area contributed by atoms with Crippen molar-refractivity contribution in [3.8, 4) is 0 Å². The molecule has 0 atom stereocenters. The zero-order chi connectivity index (χ0) is 14.6. The van der Waals surface area contributed by atoms with Crippen LogP contribution in [0, 0.1) is 3.57 Å². The third-order valence-corrected chi connectivity index (χ3v) is 3.72. The molecule has 0 saturated heterocycles. The molecule has 0 aliphatic heterocycles. The van der Waals surface area contributed by atoms with Crippen molar-refractivity contribution in [1.82, 2.24) is 4.90 Å². The molecule has 0 bridgehead atoms. The molecule has 2 amide bonds. The molecule has 19 heavy (non-hydrogen) atoms. The Hall–Kier alpha value is -0.830. The molecular formula is C12H14BrIN2O3. The van der Waals surface area contributed by atoms with Gasteiger partial charge in [0.2, 0.25) is 0 Å². The Morgan fingerprint density at radius 3 is 2.63 bits per heavy atom. The molecule has 0 radical (unpaired) electrons. The average Bonchev–Trinajstić information content (AvgIpc) is 2.30. The van der Waals surface area contributed by atoms with Crippen molar-refractivity contribution in [2.24, 2.45) is 0 Å². The van der Waals surface area contributed by atoms with Crippen LogP contribution in [0.5, 0.6) is 0 Å². The maximum Gasteiger partial charge on any atom is 0.323 e. The largest absolute Gasteiger partial charge is 0.480 e. The van der Waals surface area contributed by atoms with E-state index in [-0.39, 0.29) is 12.6 Å². The summed E-state index contributed by atoms with van der Waals surface area (Å²) in [5.74, 6) is -1.04. The Balaban J connectivity index is 2.87. The van der Waals surface area contributed by atoms with Gasteiger partial charge in [0, 0.05) is 14.1 Å². The van der Waals surface area contributed by atoms with Gasteiger partial charge in [-0.25, -0.2) is 4.79 Å². The number of carboxylic acids is 1. The number of rotatable bonds is 4. The van der Waals surface area contributed by atoms with Gasteiger partial charge in [0.15, 0.2) is 0 Å². The van der Waals surface area contributed by atoms with E-state index in [1.807, 2.05) is 18.2 Å². The molecule has 104 valence electrons. The minimum absolute atomic E-state index is 0.197. The van der Waals surface area contributed by atoms with Gasteiger partial charge in [-0.05, 0) is 70.6 Å². The summed E-state index contributed by atoms with van der Waals surface area (Å²) in [5.41, 5.74) is 0.618. The van der Waals surface area contributed by atoms with Crippen molar-refractivity contribution in [2.75, 3.05) is 11.9 Å². The van der Waals surface area contributed by atoms with Gasteiger partial charge in [-0.1, -0.05) is 0 Å². The highest BCUT2D eigenvalue weighted by atomic mass is 127. The summed E-state index contributed by atoms with van der Waals surface area (Å²) in [4.78, 5) is 24.1. The first-order chi connectivity index (χ1) is 8.81. The summed E-state index contributed by atoms with van der Waals surface area (Å²) in [7, 11) is 0. The van der Waals surface area contributed by atoms with Crippen molar-refractivity contribution in [3.63, 3.8) is 0 Å². The summed E-state index contributed by atoms with van der Waals surface area (Å²) < 4.78 is 1.73. The number of carbonyl (C=O) groups is 2. The number of halogens is 2. The predicted molar refractivity (Wildman–Crippen MR) is 85.4 cm³/mol. The fourth-order valence-corrected chi connectivity index (χ4v) is 2.25. The molecule has 0 fully saturated rings. The van der Waals surface area contributed by atoms with Crippen molar-refractivity contribution in [1.29, 1.82) is 0 Å². The van der Waals surface area contributed by atoms with E-state index in [1.54, 1.807) is 13.8 Å². The first-order valence-corrected chi connectivity index (χ1v) is 7.43. The fourth-order valence-electron chi connectivity index (χ4n) is 1.41. The second-order valence-corrected chi connectivity index (χ2v) is 6.27. The molecular weight excluding hydrogens is 427 g/mol. The van der Waals surface area contributed by atoms with Crippen LogP contribution in [0.15, 0.2) is 22.7 Å². The van der Waals surface area contributed by atoms with Crippen LogP contribution in [0.25, 0.3) is 0 Å². The topological polar surface area (TPSA) is 69.6 Å². The molecule has 0 saturated carbocycles. The van der Waals surface area contributed by atoms with E-state index in [0.717, 1.165) is 8.04 Å². The lowest BCUT2D eigenvalue weighted by Gasteiger charge is -2.25. The maximum absolute atomic E-state index is 12.1. The number of benzene rings is 1. The quantitative estimate of drug-likeness (QED) is 0.705. The van der Waals surface area contributed by atoms with E-state index < -0.39 is 12.0 Å². The lowest BCUT2D eigenvalue weighted by atomic mass is 10.3. The predicted octanol–water partition coefficient (Wildman–Crippen LogP) is 3.38. The van der Waals surface area contributed by atoms with Crippen LogP contribution >= 0.6 is 38.5 Å². The van der Waals surface area contributed by atoms with Crippen LogP contribution in [-0.4, -0.2) is 34.6 Å². The molecule has 0 heterocycles. The van der Waals surface area contributed by atoms with Gasteiger partial charge in [0.05, 0.1) is 5.69 Å². The van der Waals surface area contributed by atoms with Gasteiger partial charge < -0.3 is 15.3 Å². The summed E-state index contributed by atoms with van der Waals surface area (Å²) >= 11 is 5.48. The third-order valence-electron chi connectivity index (χ3n) is 2.36. The van der Waals surface area contributed by atoms with E-state index in [1.165, 1.54) is 4.90 Å². The minimum Gasteiger partial charge on any atom is -0.480 e. The summed E-state index contributed by atoms with van der Waals surface area (Å²) in [5, 5.41) is 11.5. The van der Waals surface area contributed by atoms with Crippen molar-refractivity contribution in [3.05, 3.63) is 26.2 Å². The first-order valence-electron chi connectivity index (χ1n) is 5.55. The monoisotopic (exact) mass is 440 g/mol. The number of aliphatic carboxylic acids is 1. The van der Waals surface area contributed by atoms with Crippen LogP contribution in [0.2, 0.25) is 0 Å². The molecule has 5 nitrogen and oxygen atoms in total. The molecule has 1 rings (SSSR count). The highest BCUT2D eigenvalue weighted by molar-refractivity contribution is 14.1. The average molecular weight is 441 g/mol. The molecule has 1 aromatic rings. The molecule has 2 N–H and O–H groups in total. The lowest BCUT2D eigenvalue weighted by molar-refractivity contribution is -0.137. The number of carboxylic acid groups (broad SMARTS) is 1. The highest BCUT2D eigenvalue weighted by Crippen LogP contribution is 2.24. The zero-order valence-corrected chi connectivity index (χ0v) is 14.2. The minimum atomic E-state index is -1.04. The molecule has 7 heteroatoms. The maximum atomic E-state index is 12.1. The van der Waals surface area contributed by atoms with Crippen LogP contribution < -0.4 is 5.32 Å². The van der Waals surface area contributed by atoms with Crippen LogP contribution in [0.4, 0.5) is 10.5 Å². The van der Waals surface area contributed by atoms with Gasteiger partial charge in [-0.3, -0.25) is 4.79 Å². The highest BCUT2D eigenvalue weighted by Gasteiger charge is 2.20. The summed E-state index contributed by atoms with van der Waals surface area (Å²) in [6.07, 6.45) is 0. The molecule has 1 aromatic carbocycles. The Morgan fingerprint density at radius 2 is 2.11 bits per heavy atom. The molecule has 0 unspecified atom stereocenters. The van der Waals surface area contributed by atoms with Crippen LogP contribution in [-0.2, 0) is 4.79 Å². The summed E-state index contributed by atoms with van der Waals surface area (Å²) in [6, 6.07) is 4.91. The Morgan fingerprint density at radius 1 is 1.47 bits per heavy atom. The standard InChI is InChI=1S/C12H14BrIN2O3/c1-7(2)16(6-11(17)18)12(19)15-10-5-8(14)3-4-9(10)13/h3-5,7H,6H2,1-2H3,(H,15,19)(H,17,18). The zero-order valence-electron chi connectivity index (χ0n) is 10.5. The van der Waals surface area contributed by atoms with Crippen LogP contribution in [0.1, 0.15) is 13.8 Å². The van der Waals surface area contributed by atoms with E-state index in [0.29, 0.717) is 5.69 Å². The number of carbonyl (C=O) groups excluding carboxylic acids is 1. The normalized spacial score (nSPS) is 10.4. The lowest BCUT2D eigenvalue weighted by Crippen LogP contribution is -2.43. The Bertz CT molecular complexity index is 494. The third kappa shape index (κ3) is 4.98. The van der Waals surface area contributed by atoms with Gasteiger partial charge in [0.1, 0.15) is 6.54 Å². The van der Waals surface area contributed by atoms with Gasteiger partial charge in [-0.2, -0.15) is 0 Å². The smallest absolute Gasteiger partial charge is 0.323 e. The van der Waals surface area contributed by atoms with Crippen LogP contribution in [0.3, 0.4) is 0 Å². The molecule has 0 aliphatic carbocycles. The SMILES string of the molecule is CC(C)N(CC(=O)O)C(=O)Nc1cc(I)ccc1Br. The number of amides is 2. The first kappa shape index (κ1) is 16.2. The van der Waals surface area contributed by atoms with Crippen molar-refractivity contribution >= 4 is 56.2 Å². The Kier molecular flexibility index (Phi) is 6.05. The number of hydrogen-bond acceptors (Lipinski definition) is 2. The number of hydrogen-bond donors (Lipinski definition) is 2. The van der Waals surface area contributed by atoms with Crippen molar-refractivity contribution < 1.29 is 14.7 Å². The van der Waals surface area contributed by atoms with E-state index in [2.05, 4.69) is 43.8 Å².